The number of methoxy groups -OCH3 is 1. The number of rotatable bonds is 15. The summed E-state index contributed by atoms with van der Waals surface area (Å²) in [6.45, 7) is 4.17. The van der Waals surface area contributed by atoms with E-state index in [1.165, 1.54) is 47.8 Å². The highest BCUT2D eigenvalue weighted by Gasteiger charge is 2.44. The lowest BCUT2D eigenvalue weighted by Gasteiger charge is -2.31. The molecule has 45 heavy (non-hydrogen) atoms. The van der Waals surface area contributed by atoms with Gasteiger partial charge >= 0.3 is 13.7 Å². The topological polar surface area (TPSA) is 190 Å². The number of benzene rings is 2. The fourth-order valence-corrected chi connectivity index (χ4v) is 7.14. The zero-order valence-electron chi connectivity index (χ0n) is 25.4. The van der Waals surface area contributed by atoms with E-state index < -0.39 is 54.6 Å². The van der Waals surface area contributed by atoms with Crippen molar-refractivity contribution >= 4 is 23.7 Å². The van der Waals surface area contributed by atoms with Gasteiger partial charge in [0.05, 0.1) is 43.3 Å². The summed E-state index contributed by atoms with van der Waals surface area (Å²) in [5, 5.41) is 14.2. The van der Waals surface area contributed by atoms with Gasteiger partial charge in [-0.1, -0.05) is 26.0 Å². The Balaban J connectivity index is 1.53. The molecule has 16 heteroatoms. The Morgan fingerprint density at radius 1 is 1.07 bits per heavy atom. The first-order valence-corrected chi connectivity index (χ1v) is 17.8. The van der Waals surface area contributed by atoms with Gasteiger partial charge in [0.15, 0.2) is 12.6 Å². The Morgan fingerprint density at radius 3 is 2.36 bits per heavy atom. The Hall–Kier alpha value is -2.75. The van der Waals surface area contributed by atoms with Gasteiger partial charge in [0, 0.05) is 13.1 Å². The quantitative estimate of drug-likeness (QED) is 0.202. The van der Waals surface area contributed by atoms with Crippen LogP contribution in [0.25, 0.3) is 0 Å². The summed E-state index contributed by atoms with van der Waals surface area (Å²) in [6, 6.07) is 11.2. The number of ether oxygens (including phenoxy) is 5. The maximum absolute atomic E-state index is 13.7. The van der Waals surface area contributed by atoms with E-state index in [-0.39, 0.29) is 48.6 Å². The number of nitrogens with zero attached hydrogens (tertiary/aromatic N) is 1. The minimum Gasteiger partial charge on any atom is -0.497 e. The molecule has 14 nitrogen and oxygen atoms in total. The number of nitrogens with one attached hydrogen (secondary N) is 1. The molecule has 4 rings (SSSR count). The molecule has 0 aromatic heterocycles. The van der Waals surface area contributed by atoms with E-state index in [4.69, 9.17) is 33.5 Å². The Morgan fingerprint density at radius 2 is 1.73 bits per heavy atom. The van der Waals surface area contributed by atoms with Crippen molar-refractivity contribution in [3.05, 3.63) is 54.1 Å². The van der Waals surface area contributed by atoms with Crippen LogP contribution in [0.15, 0.2) is 53.4 Å². The minimum absolute atomic E-state index is 0.0283. The van der Waals surface area contributed by atoms with Crippen molar-refractivity contribution in [1.82, 2.24) is 9.62 Å². The molecule has 0 spiro atoms. The maximum atomic E-state index is 13.7. The first-order valence-electron chi connectivity index (χ1n) is 14.5. The molecule has 250 valence electrons. The fraction of sp³-hybridized carbons (Fsp3) is 0.552. The smallest absolute Gasteiger partial charge is 0.407 e. The van der Waals surface area contributed by atoms with Crippen LogP contribution in [0.5, 0.6) is 11.5 Å². The second-order valence-corrected chi connectivity index (χ2v) is 15.0. The Bertz CT molecular complexity index is 1420. The average molecular weight is 673 g/mol. The van der Waals surface area contributed by atoms with Gasteiger partial charge in [0.2, 0.25) is 10.0 Å². The molecule has 5 atom stereocenters. The number of hydrogen-bond acceptors (Lipinski definition) is 10. The van der Waals surface area contributed by atoms with Crippen molar-refractivity contribution in [3.63, 3.8) is 0 Å². The summed E-state index contributed by atoms with van der Waals surface area (Å²) in [5.74, 6) is 0.533. The molecule has 2 aromatic rings. The number of fused-ring (bicyclic) bond motifs is 1. The highest BCUT2D eigenvalue weighted by Crippen LogP contribution is 2.35. The molecule has 0 aliphatic carbocycles. The number of aliphatic hydroxyl groups excluding tert-OH is 1. The molecule has 1 amide bonds. The summed E-state index contributed by atoms with van der Waals surface area (Å²) in [7, 11) is -6.93. The predicted molar refractivity (Wildman–Crippen MR) is 161 cm³/mol. The summed E-state index contributed by atoms with van der Waals surface area (Å²) in [6.07, 6.45) is -3.15. The molecule has 2 saturated heterocycles. The highest BCUT2D eigenvalue weighted by molar-refractivity contribution is 7.89. The first-order chi connectivity index (χ1) is 21.2. The molecule has 4 N–H and O–H groups in total. The van der Waals surface area contributed by atoms with Crippen LogP contribution in [0, 0.1) is 11.8 Å². The monoisotopic (exact) mass is 672 g/mol. The van der Waals surface area contributed by atoms with Crippen molar-refractivity contribution < 1.29 is 56.4 Å². The summed E-state index contributed by atoms with van der Waals surface area (Å²) in [5.41, 5.74) is 0.629. The van der Waals surface area contributed by atoms with Crippen LogP contribution in [0.4, 0.5) is 4.79 Å². The third-order valence-electron chi connectivity index (χ3n) is 7.45. The number of hydrogen-bond donors (Lipinski definition) is 4. The first kappa shape index (κ1) is 35.1. The van der Waals surface area contributed by atoms with Crippen LogP contribution in [-0.4, -0.2) is 98.0 Å². The largest absolute Gasteiger partial charge is 0.497 e. The molecule has 2 fully saturated rings. The summed E-state index contributed by atoms with van der Waals surface area (Å²) >= 11 is 0. The highest BCUT2D eigenvalue weighted by atomic mass is 32.2. The van der Waals surface area contributed by atoms with E-state index in [0.29, 0.717) is 24.3 Å². The van der Waals surface area contributed by atoms with Gasteiger partial charge < -0.3 is 43.9 Å². The molecule has 0 bridgehead atoms. The van der Waals surface area contributed by atoms with Crippen molar-refractivity contribution in [2.24, 2.45) is 11.8 Å². The number of sulfonamides is 1. The zero-order valence-corrected chi connectivity index (χ0v) is 27.1. The minimum atomic E-state index is -4.37. The molecule has 0 saturated carbocycles. The third-order valence-corrected chi connectivity index (χ3v) is 9.76. The lowest BCUT2D eigenvalue weighted by molar-refractivity contribution is -0.0907. The molecule has 1 unspecified atom stereocenters. The van der Waals surface area contributed by atoms with E-state index >= 15 is 0 Å². The van der Waals surface area contributed by atoms with E-state index in [0.717, 1.165) is 0 Å². The van der Waals surface area contributed by atoms with Crippen molar-refractivity contribution in [3.8, 4) is 11.5 Å². The zero-order chi connectivity index (χ0) is 32.8. The number of aliphatic hydroxyl groups is 1. The normalized spacial score (nSPS) is 21.4. The number of carbonyl (C=O) groups excluding carboxylic acids is 1. The van der Waals surface area contributed by atoms with Gasteiger partial charge in [-0.3, -0.25) is 4.57 Å². The summed E-state index contributed by atoms with van der Waals surface area (Å²) in [4.78, 5) is 31.3. The van der Waals surface area contributed by atoms with Gasteiger partial charge in [-0.15, -0.1) is 0 Å². The van der Waals surface area contributed by atoms with E-state index in [1.54, 1.807) is 12.1 Å². The number of carbonyl (C=O) groups is 1. The van der Waals surface area contributed by atoms with Crippen molar-refractivity contribution in [1.29, 1.82) is 0 Å². The SMILES string of the molecule is COc1ccc(S(=O)(=O)N(CC(C)C)C[C@@H](O)[C@H](Cc2ccc(OCP(=O)(O)O)cc2)NC(=O)O[C@H]2CO[C@H]3OCCC32)cc1. The van der Waals surface area contributed by atoms with Crippen LogP contribution in [0.3, 0.4) is 0 Å². The van der Waals surface area contributed by atoms with Gasteiger partial charge in [-0.05, 0) is 60.7 Å². The van der Waals surface area contributed by atoms with Crippen LogP contribution in [-0.2, 0) is 35.2 Å². The van der Waals surface area contributed by atoms with Crippen molar-refractivity contribution in [2.45, 2.75) is 56.1 Å². The maximum Gasteiger partial charge on any atom is 0.407 e. The van der Waals surface area contributed by atoms with Crippen LogP contribution < -0.4 is 14.8 Å². The number of amides is 1. The van der Waals surface area contributed by atoms with Gasteiger partial charge in [0.1, 0.15) is 17.6 Å². The molecule has 0 radical (unpaired) electrons. The molecular weight excluding hydrogens is 631 g/mol. The van der Waals surface area contributed by atoms with Crippen LogP contribution >= 0.6 is 7.60 Å². The fourth-order valence-electron chi connectivity index (χ4n) is 5.20. The number of alkyl carbamates (subject to hydrolysis) is 1. The third kappa shape index (κ3) is 9.87. The second-order valence-electron chi connectivity index (χ2n) is 11.5. The predicted octanol–water partition coefficient (Wildman–Crippen LogP) is 2.32. The standard InChI is InChI=1S/C29H41N2O12PS/c1-19(2)15-31(45(37,38)23-10-8-21(39-3)9-11-23)16-26(32)25(14-20-4-6-22(7-5-20)42-18-44(34,35)36)30-29(33)43-27-17-41-28-24(27)12-13-40-28/h4-11,19,24-28,32H,12-18H2,1-3H3,(H,30,33)(H2,34,35,36)/t24?,25-,26+,27-,28+/m0/s1. The average Bonchev–Trinajstić information content (AvgIpc) is 3.60. The molecule has 2 heterocycles. The van der Waals surface area contributed by atoms with Crippen LogP contribution in [0.2, 0.25) is 0 Å². The Labute approximate surface area is 262 Å². The molecular formula is C29H41N2O12PS. The Kier molecular flexibility index (Phi) is 11.9. The van der Waals surface area contributed by atoms with Crippen molar-refractivity contribution in [2.75, 3.05) is 39.8 Å². The van der Waals surface area contributed by atoms with E-state index in [1.807, 2.05) is 13.8 Å². The second kappa shape index (κ2) is 15.2. The van der Waals surface area contributed by atoms with E-state index in [9.17, 15) is 22.9 Å². The van der Waals surface area contributed by atoms with Gasteiger partial charge in [-0.25, -0.2) is 13.2 Å². The van der Waals surface area contributed by atoms with Crippen LogP contribution in [0.1, 0.15) is 25.8 Å². The lowest BCUT2D eigenvalue weighted by atomic mass is 10.0. The lowest BCUT2D eigenvalue weighted by Crippen LogP contribution is -2.51. The summed E-state index contributed by atoms with van der Waals surface area (Å²) < 4.78 is 66.7. The van der Waals surface area contributed by atoms with Gasteiger partial charge in [0.25, 0.3) is 0 Å². The van der Waals surface area contributed by atoms with Gasteiger partial charge in [-0.2, -0.15) is 4.31 Å². The van der Waals surface area contributed by atoms with E-state index in [2.05, 4.69) is 5.32 Å². The molecule has 2 aromatic carbocycles. The molecule has 2 aliphatic rings. The molecule has 2 aliphatic heterocycles.